The van der Waals surface area contributed by atoms with Crippen molar-refractivity contribution < 1.29 is 0 Å². The number of benzene rings is 2. The van der Waals surface area contributed by atoms with E-state index in [-0.39, 0.29) is 0 Å². The molecule has 126 valence electrons. The van der Waals surface area contributed by atoms with Gasteiger partial charge in [-0.15, -0.1) is 0 Å². The van der Waals surface area contributed by atoms with Gasteiger partial charge >= 0.3 is 0 Å². The van der Waals surface area contributed by atoms with Gasteiger partial charge in [-0.25, -0.2) is 4.98 Å². The minimum atomic E-state index is 0.739. The maximum Gasteiger partial charge on any atom is 0.182 e. The summed E-state index contributed by atoms with van der Waals surface area (Å²) in [6.07, 6.45) is 2.99. The summed E-state index contributed by atoms with van der Waals surface area (Å²) < 4.78 is 0. The Kier molecular flexibility index (Phi) is 3.35. The van der Waals surface area contributed by atoms with Crippen LogP contribution in [0.25, 0.3) is 44.5 Å². The third-order valence-electron chi connectivity index (χ3n) is 4.92. The Hall–Kier alpha value is -3.40. The number of fused-ring (bicyclic) bond motifs is 2. The zero-order valence-corrected chi connectivity index (χ0v) is 14.5. The molecule has 0 saturated carbocycles. The summed E-state index contributed by atoms with van der Waals surface area (Å²) in [5.74, 6) is 0. The van der Waals surface area contributed by atoms with Gasteiger partial charge in [0.15, 0.2) is 5.65 Å². The molecule has 5 aromatic rings. The first-order valence-electron chi connectivity index (χ1n) is 8.84. The minimum Gasteiger partial charge on any atom is -0.361 e. The molecule has 0 atom stereocenters. The van der Waals surface area contributed by atoms with Crippen molar-refractivity contribution in [3.63, 3.8) is 0 Å². The van der Waals surface area contributed by atoms with Gasteiger partial charge in [-0.2, -0.15) is 5.10 Å². The van der Waals surface area contributed by atoms with Crippen LogP contribution in [0.5, 0.6) is 0 Å². The molecule has 0 fully saturated rings. The number of aromatic nitrogens is 4. The molecule has 0 unspecified atom stereocenters. The van der Waals surface area contributed by atoms with E-state index in [1.807, 2.05) is 6.20 Å². The summed E-state index contributed by atoms with van der Waals surface area (Å²) >= 11 is 0. The number of nitrogens with one attached hydrogen (secondary N) is 2. The summed E-state index contributed by atoms with van der Waals surface area (Å²) in [5.41, 5.74) is 7.34. The molecular formula is C22H18N4. The van der Waals surface area contributed by atoms with Crippen LogP contribution < -0.4 is 0 Å². The third kappa shape index (κ3) is 2.39. The summed E-state index contributed by atoms with van der Waals surface area (Å²) in [7, 11) is 0. The lowest BCUT2D eigenvalue weighted by Crippen LogP contribution is -1.85. The molecule has 4 heteroatoms. The number of aromatic amines is 2. The van der Waals surface area contributed by atoms with Gasteiger partial charge in [-0.05, 0) is 41.6 Å². The highest BCUT2D eigenvalue weighted by atomic mass is 15.1. The second kappa shape index (κ2) is 5.85. The number of hydrogen-bond acceptors (Lipinski definition) is 2. The third-order valence-corrected chi connectivity index (χ3v) is 4.92. The standard InChI is InChI=1S/C22H18N4/c1-2-14-3-5-16(6-4-14)21-18-9-10-19(24-22(18)26-25-21)17-8-7-15-11-12-23-20(15)13-17/h3-13,23H,2H2,1H3,(H,24,25,26). The molecule has 2 aromatic carbocycles. The van der Waals surface area contributed by atoms with Crippen LogP contribution in [0.1, 0.15) is 12.5 Å². The smallest absolute Gasteiger partial charge is 0.182 e. The molecular weight excluding hydrogens is 320 g/mol. The summed E-state index contributed by atoms with van der Waals surface area (Å²) in [5, 5.41) is 9.83. The van der Waals surface area contributed by atoms with Crippen LogP contribution in [0.3, 0.4) is 0 Å². The molecule has 3 heterocycles. The molecule has 0 aliphatic heterocycles. The first-order chi connectivity index (χ1) is 12.8. The monoisotopic (exact) mass is 338 g/mol. The molecule has 0 radical (unpaired) electrons. The number of pyridine rings is 1. The Bertz CT molecular complexity index is 1210. The van der Waals surface area contributed by atoms with Crippen molar-refractivity contribution in [3.05, 3.63) is 72.4 Å². The van der Waals surface area contributed by atoms with E-state index in [9.17, 15) is 0 Å². The fourth-order valence-corrected chi connectivity index (χ4v) is 3.39. The fraction of sp³-hybridized carbons (Fsp3) is 0.0909. The van der Waals surface area contributed by atoms with Gasteiger partial charge in [0.25, 0.3) is 0 Å². The average Bonchev–Trinajstić information content (AvgIpc) is 3.33. The fourth-order valence-electron chi connectivity index (χ4n) is 3.39. The number of hydrogen-bond donors (Lipinski definition) is 2. The van der Waals surface area contributed by atoms with Crippen LogP contribution in [0, 0.1) is 0 Å². The molecule has 5 rings (SSSR count). The highest BCUT2D eigenvalue weighted by Crippen LogP contribution is 2.29. The lowest BCUT2D eigenvalue weighted by molar-refractivity contribution is 1.10. The SMILES string of the molecule is CCc1ccc(-c2[nH]nc3nc(-c4ccc5cc[nH]c5c4)ccc23)cc1. The summed E-state index contributed by atoms with van der Waals surface area (Å²) in [6.45, 7) is 2.16. The Balaban J connectivity index is 1.58. The Morgan fingerprint density at radius 2 is 1.73 bits per heavy atom. The molecule has 0 bridgehead atoms. The Labute approximate surface area is 150 Å². The molecule has 0 aliphatic carbocycles. The van der Waals surface area contributed by atoms with E-state index in [2.05, 4.69) is 82.8 Å². The highest BCUT2D eigenvalue weighted by Gasteiger charge is 2.11. The van der Waals surface area contributed by atoms with Crippen LogP contribution in [0.2, 0.25) is 0 Å². The van der Waals surface area contributed by atoms with Gasteiger partial charge in [0.1, 0.15) is 0 Å². The maximum atomic E-state index is 4.76. The quantitative estimate of drug-likeness (QED) is 0.467. The number of nitrogens with zero attached hydrogens (tertiary/aromatic N) is 2. The lowest BCUT2D eigenvalue weighted by Gasteiger charge is -2.03. The van der Waals surface area contributed by atoms with Gasteiger partial charge in [0.05, 0.1) is 11.4 Å². The summed E-state index contributed by atoms with van der Waals surface area (Å²) in [6, 6.07) is 21.2. The Morgan fingerprint density at radius 1 is 0.885 bits per heavy atom. The number of H-pyrrole nitrogens is 2. The second-order valence-corrected chi connectivity index (χ2v) is 6.50. The largest absolute Gasteiger partial charge is 0.361 e. The topological polar surface area (TPSA) is 57.4 Å². The van der Waals surface area contributed by atoms with Crippen molar-refractivity contribution in [3.8, 4) is 22.5 Å². The van der Waals surface area contributed by atoms with E-state index in [1.165, 1.54) is 10.9 Å². The molecule has 0 aliphatic rings. The predicted molar refractivity (Wildman–Crippen MR) is 106 cm³/mol. The van der Waals surface area contributed by atoms with Gasteiger partial charge in [0.2, 0.25) is 0 Å². The molecule has 2 N–H and O–H groups in total. The van der Waals surface area contributed by atoms with E-state index >= 15 is 0 Å². The van der Waals surface area contributed by atoms with E-state index in [1.54, 1.807) is 0 Å². The van der Waals surface area contributed by atoms with E-state index < -0.39 is 0 Å². The van der Waals surface area contributed by atoms with Gasteiger partial charge in [-0.1, -0.05) is 43.3 Å². The van der Waals surface area contributed by atoms with Crippen molar-refractivity contribution >= 4 is 21.9 Å². The van der Waals surface area contributed by atoms with E-state index in [0.717, 1.165) is 45.5 Å². The Morgan fingerprint density at radius 3 is 2.58 bits per heavy atom. The van der Waals surface area contributed by atoms with Crippen LogP contribution in [0.4, 0.5) is 0 Å². The normalized spacial score (nSPS) is 11.4. The van der Waals surface area contributed by atoms with Crippen molar-refractivity contribution in [1.29, 1.82) is 0 Å². The molecule has 0 saturated heterocycles. The van der Waals surface area contributed by atoms with Crippen LogP contribution >= 0.6 is 0 Å². The first kappa shape index (κ1) is 14.9. The molecule has 3 aromatic heterocycles. The van der Waals surface area contributed by atoms with Gasteiger partial charge in [-0.3, -0.25) is 5.10 Å². The van der Waals surface area contributed by atoms with Crippen LogP contribution in [-0.4, -0.2) is 20.2 Å². The van der Waals surface area contributed by atoms with Crippen molar-refractivity contribution in [2.45, 2.75) is 13.3 Å². The highest BCUT2D eigenvalue weighted by molar-refractivity contribution is 5.92. The van der Waals surface area contributed by atoms with Gasteiger partial charge < -0.3 is 4.98 Å². The minimum absolute atomic E-state index is 0.739. The zero-order chi connectivity index (χ0) is 17.5. The predicted octanol–water partition coefficient (Wildman–Crippen LogP) is 5.34. The maximum absolute atomic E-state index is 4.76. The lowest BCUT2D eigenvalue weighted by atomic mass is 10.0. The van der Waals surface area contributed by atoms with Crippen molar-refractivity contribution in [2.75, 3.05) is 0 Å². The molecule has 26 heavy (non-hydrogen) atoms. The van der Waals surface area contributed by atoms with Crippen molar-refractivity contribution in [1.82, 2.24) is 20.2 Å². The van der Waals surface area contributed by atoms with Crippen LogP contribution in [0.15, 0.2) is 66.9 Å². The van der Waals surface area contributed by atoms with Crippen molar-refractivity contribution in [2.24, 2.45) is 0 Å². The molecule has 4 nitrogen and oxygen atoms in total. The van der Waals surface area contributed by atoms with E-state index in [0.29, 0.717) is 0 Å². The average molecular weight is 338 g/mol. The molecule has 0 amide bonds. The second-order valence-electron chi connectivity index (χ2n) is 6.50. The number of aryl methyl sites for hydroxylation is 1. The first-order valence-corrected chi connectivity index (χ1v) is 8.84. The molecule has 0 spiro atoms. The van der Waals surface area contributed by atoms with Crippen LogP contribution in [-0.2, 0) is 6.42 Å². The van der Waals surface area contributed by atoms with E-state index in [4.69, 9.17) is 4.98 Å². The van der Waals surface area contributed by atoms with Gasteiger partial charge in [0, 0.05) is 28.2 Å². The number of rotatable bonds is 3. The zero-order valence-electron chi connectivity index (χ0n) is 14.5. The summed E-state index contributed by atoms with van der Waals surface area (Å²) in [4.78, 5) is 8.01.